The maximum atomic E-state index is 13.3. The summed E-state index contributed by atoms with van der Waals surface area (Å²) in [5.41, 5.74) is 5.83. The zero-order valence-electron chi connectivity index (χ0n) is 9.90. The number of nitrogen functional groups attached to an aromatic ring is 1. The Morgan fingerprint density at radius 1 is 1.20 bits per heavy atom. The second-order valence-corrected chi connectivity index (χ2v) is 7.67. The van der Waals surface area contributed by atoms with Crippen molar-refractivity contribution in [3.63, 3.8) is 0 Å². The average molecular weight is 471 g/mol. The number of hydrogen-bond donors (Lipinski definition) is 2. The maximum Gasteiger partial charge on any atom is 0.263 e. The van der Waals surface area contributed by atoms with Gasteiger partial charge in [-0.3, -0.25) is 4.72 Å². The van der Waals surface area contributed by atoms with Gasteiger partial charge in [-0.15, -0.1) is 0 Å². The van der Waals surface area contributed by atoms with Crippen molar-refractivity contribution < 1.29 is 12.8 Å². The summed E-state index contributed by atoms with van der Waals surface area (Å²) in [6.07, 6.45) is 0. The first kappa shape index (κ1) is 15.5. The second-order valence-electron chi connectivity index (χ2n) is 3.92. The molecule has 0 aliphatic carbocycles. The van der Waals surface area contributed by atoms with Crippen LogP contribution in [0.25, 0.3) is 0 Å². The normalized spacial score (nSPS) is 11.3. The summed E-state index contributed by atoms with van der Waals surface area (Å²) in [7, 11) is -3.87. The van der Waals surface area contributed by atoms with Gasteiger partial charge in [0.05, 0.1) is 10.2 Å². The van der Waals surface area contributed by atoms with Crippen LogP contribution in [0.1, 0.15) is 0 Å². The fourth-order valence-corrected chi connectivity index (χ4v) is 3.56. The van der Waals surface area contributed by atoms with Crippen LogP contribution in [0.4, 0.5) is 15.8 Å². The lowest BCUT2D eigenvalue weighted by atomic mass is 10.3. The van der Waals surface area contributed by atoms with Crippen molar-refractivity contribution in [2.24, 2.45) is 0 Å². The molecule has 3 N–H and O–H groups in total. The van der Waals surface area contributed by atoms with Crippen LogP contribution in [-0.4, -0.2) is 8.42 Å². The highest BCUT2D eigenvalue weighted by molar-refractivity contribution is 14.1. The third kappa shape index (κ3) is 3.41. The zero-order valence-corrected chi connectivity index (χ0v) is 14.5. The van der Waals surface area contributed by atoms with Crippen molar-refractivity contribution >= 4 is 59.9 Å². The molecule has 8 heteroatoms. The zero-order chi connectivity index (χ0) is 14.9. The van der Waals surface area contributed by atoms with Gasteiger partial charge in [0.15, 0.2) is 0 Å². The van der Waals surface area contributed by atoms with Crippen molar-refractivity contribution in [1.82, 2.24) is 0 Å². The predicted molar refractivity (Wildman–Crippen MR) is 88.5 cm³/mol. The lowest BCUT2D eigenvalue weighted by Crippen LogP contribution is -2.15. The molecule has 4 nitrogen and oxygen atoms in total. The van der Waals surface area contributed by atoms with Gasteiger partial charge in [-0.1, -0.05) is 0 Å². The number of nitrogens with two attached hydrogens (primary N) is 1. The fourth-order valence-electron chi connectivity index (χ4n) is 1.50. The van der Waals surface area contributed by atoms with Crippen LogP contribution >= 0.6 is 38.5 Å². The highest BCUT2D eigenvalue weighted by Crippen LogP contribution is 2.27. The van der Waals surface area contributed by atoms with Gasteiger partial charge in [0.25, 0.3) is 10.0 Å². The SMILES string of the molecule is Nc1cc(F)c(Br)cc1S(=O)(=O)Nc1ccc(I)cc1. The number of benzene rings is 2. The minimum absolute atomic E-state index is 0.0367. The summed E-state index contributed by atoms with van der Waals surface area (Å²) in [5, 5.41) is 0. The van der Waals surface area contributed by atoms with Crippen LogP contribution in [-0.2, 0) is 10.0 Å². The van der Waals surface area contributed by atoms with Crippen molar-refractivity contribution in [2.45, 2.75) is 4.90 Å². The molecule has 0 spiro atoms. The van der Waals surface area contributed by atoms with Gasteiger partial charge in [-0.25, -0.2) is 12.8 Å². The third-order valence-corrected chi connectivity index (χ3v) is 5.20. The van der Waals surface area contributed by atoms with E-state index >= 15 is 0 Å². The molecule has 0 aliphatic heterocycles. The van der Waals surface area contributed by atoms with Crippen LogP contribution in [0.5, 0.6) is 0 Å². The molecular formula is C12H9BrFIN2O2S. The summed E-state index contributed by atoms with van der Waals surface area (Å²) in [6, 6.07) is 8.90. The molecule has 0 aromatic heterocycles. The molecule has 0 saturated carbocycles. The number of anilines is 2. The number of rotatable bonds is 3. The lowest BCUT2D eigenvalue weighted by Gasteiger charge is -2.11. The van der Waals surface area contributed by atoms with Gasteiger partial charge in [0.1, 0.15) is 10.7 Å². The topological polar surface area (TPSA) is 72.2 Å². The first-order valence-electron chi connectivity index (χ1n) is 5.32. The van der Waals surface area contributed by atoms with Gasteiger partial charge >= 0.3 is 0 Å². The summed E-state index contributed by atoms with van der Waals surface area (Å²) in [6.45, 7) is 0. The highest BCUT2D eigenvalue weighted by Gasteiger charge is 2.19. The Morgan fingerprint density at radius 2 is 1.80 bits per heavy atom. The monoisotopic (exact) mass is 470 g/mol. The van der Waals surface area contributed by atoms with E-state index < -0.39 is 15.8 Å². The average Bonchev–Trinajstić information content (AvgIpc) is 2.36. The van der Waals surface area contributed by atoms with Gasteiger partial charge < -0.3 is 5.73 Å². The van der Waals surface area contributed by atoms with E-state index in [1.807, 2.05) is 0 Å². The van der Waals surface area contributed by atoms with E-state index in [-0.39, 0.29) is 15.1 Å². The van der Waals surface area contributed by atoms with Crippen LogP contribution in [0.15, 0.2) is 45.8 Å². The fraction of sp³-hybridized carbons (Fsp3) is 0. The first-order chi connectivity index (χ1) is 9.29. The van der Waals surface area contributed by atoms with Crippen molar-refractivity contribution in [3.05, 3.63) is 50.3 Å². The van der Waals surface area contributed by atoms with Crippen LogP contribution in [0, 0.1) is 9.39 Å². The van der Waals surface area contributed by atoms with Crippen molar-refractivity contribution in [2.75, 3.05) is 10.5 Å². The van der Waals surface area contributed by atoms with E-state index in [1.54, 1.807) is 24.3 Å². The standard InChI is InChI=1S/C12H9BrFIN2O2S/c13-9-5-12(11(16)6-10(9)14)20(18,19)17-8-3-1-7(15)2-4-8/h1-6,17H,16H2. The number of hydrogen-bond acceptors (Lipinski definition) is 3. The molecule has 0 atom stereocenters. The van der Waals surface area contributed by atoms with Crippen LogP contribution < -0.4 is 10.5 Å². The van der Waals surface area contributed by atoms with Crippen LogP contribution in [0.3, 0.4) is 0 Å². The number of nitrogens with one attached hydrogen (secondary N) is 1. The molecule has 0 heterocycles. The molecule has 0 aliphatic rings. The van der Waals surface area contributed by atoms with Crippen LogP contribution in [0.2, 0.25) is 0 Å². The van der Waals surface area contributed by atoms with Gasteiger partial charge in [0, 0.05) is 9.26 Å². The molecular weight excluding hydrogens is 462 g/mol. The number of sulfonamides is 1. The largest absolute Gasteiger partial charge is 0.398 e. The molecule has 0 unspecified atom stereocenters. The van der Waals surface area contributed by atoms with E-state index in [2.05, 4.69) is 43.2 Å². The first-order valence-corrected chi connectivity index (χ1v) is 8.68. The van der Waals surface area contributed by atoms with Crippen molar-refractivity contribution in [3.8, 4) is 0 Å². The Hall–Kier alpha value is -0.870. The highest BCUT2D eigenvalue weighted by atomic mass is 127. The Morgan fingerprint density at radius 3 is 2.40 bits per heavy atom. The Balaban J connectivity index is 2.40. The molecule has 2 aromatic carbocycles. The van der Waals surface area contributed by atoms with Crippen molar-refractivity contribution in [1.29, 1.82) is 0 Å². The quantitative estimate of drug-likeness (QED) is 0.532. The molecule has 0 bridgehead atoms. The Bertz CT molecular complexity index is 751. The smallest absolute Gasteiger partial charge is 0.263 e. The van der Waals surface area contributed by atoms with Gasteiger partial charge in [-0.2, -0.15) is 0 Å². The van der Waals surface area contributed by atoms with Gasteiger partial charge in [-0.05, 0) is 74.9 Å². The maximum absolute atomic E-state index is 13.3. The van der Waals surface area contributed by atoms with E-state index in [4.69, 9.17) is 5.73 Å². The molecule has 0 fully saturated rings. The summed E-state index contributed by atoms with van der Waals surface area (Å²) >= 11 is 5.06. The lowest BCUT2D eigenvalue weighted by molar-refractivity contribution is 0.599. The summed E-state index contributed by atoms with van der Waals surface area (Å²) in [5.74, 6) is -0.615. The predicted octanol–water partition coefficient (Wildman–Crippen LogP) is 3.58. The minimum atomic E-state index is -3.87. The van der Waals surface area contributed by atoms with E-state index in [0.29, 0.717) is 5.69 Å². The molecule has 2 rings (SSSR count). The molecule has 2 aromatic rings. The molecule has 20 heavy (non-hydrogen) atoms. The Kier molecular flexibility index (Phi) is 4.55. The molecule has 0 radical (unpaired) electrons. The minimum Gasteiger partial charge on any atom is -0.398 e. The van der Waals surface area contributed by atoms with E-state index in [1.165, 1.54) is 0 Å². The molecule has 0 saturated heterocycles. The second kappa shape index (κ2) is 5.86. The van der Waals surface area contributed by atoms with Gasteiger partial charge in [0.2, 0.25) is 0 Å². The Labute approximate surface area is 137 Å². The van der Waals surface area contributed by atoms with E-state index in [9.17, 15) is 12.8 Å². The number of halogens is 3. The summed E-state index contributed by atoms with van der Waals surface area (Å²) < 4.78 is 41.2. The third-order valence-electron chi connectivity index (χ3n) is 2.44. The summed E-state index contributed by atoms with van der Waals surface area (Å²) in [4.78, 5) is -0.177. The van der Waals surface area contributed by atoms with E-state index in [0.717, 1.165) is 15.7 Å². The molecule has 106 valence electrons. The molecule has 0 amide bonds.